The summed E-state index contributed by atoms with van der Waals surface area (Å²) >= 11 is 0. The third kappa shape index (κ3) is 4.63. The predicted octanol–water partition coefficient (Wildman–Crippen LogP) is 4.15. The minimum Gasteiger partial charge on any atom is -0.406 e. The number of rotatable bonds is 6. The van der Waals surface area contributed by atoms with Gasteiger partial charge < -0.3 is 10.1 Å². The van der Waals surface area contributed by atoms with Crippen LogP contribution in [-0.4, -0.2) is 18.9 Å². The second-order valence-electron chi connectivity index (χ2n) is 6.36. The molecule has 1 aliphatic carbocycles. The highest BCUT2D eigenvalue weighted by molar-refractivity contribution is 5.28. The van der Waals surface area contributed by atoms with Crippen LogP contribution in [0.25, 0.3) is 0 Å². The van der Waals surface area contributed by atoms with Crippen LogP contribution in [0.3, 0.4) is 0 Å². The van der Waals surface area contributed by atoms with Crippen LogP contribution in [0.2, 0.25) is 0 Å². The minimum atomic E-state index is -4.63. The van der Waals surface area contributed by atoms with E-state index in [0.29, 0.717) is 17.4 Å². The lowest BCUT2D eigenvalue weighted by Crippen LogP contribution is -2.34. The first-order valence-corrected chi connectivity index (χ1v) is 7.29. The minimum absolute atomic E-state index is 0.169. The van der Waals surface area contributed by atoms with Gasteiger partial charge in [0, 0.05) is 6.04 Å². The topological polar surface area (TPSA) is 21.3 Å². The third-order valence-corrected chi connectivity index (χ3v) is 4.15. The Morgan fingerprint density at radius 3 is 2.29 bits per heavy atom. The molecule has 1 saturated carbocycles. The average molecular weight is 301 g/mol. The number of nitrogens with one attached hydrogen (secondary N) is 1. The van der Waals surface area contributed by atoms with Gasteiger partial charge in [0.05, 0.1) is 0 Å². The van der Waals surface area contributed by atoms with Crippen molar-refractivity contribution in [2.45, 2.75) is 46.0 Å². The Kier molecular flexibility index (Phi) is 4.51. The number of hydrogen-bond donors (Lipinski definition) is 1. The molecular formula is C16H22F3NO. The normalized spacial score (nSPS) is 21.9. The molecule has 5 heteroatoms. The van der Waals surface area contributed by atoms with Gasteiger partial charge in [0.15, 0.2) is 0 Å². The van der Waals surface area contributed by atoms with Gasteiger partial charge in [-0.05, 0) is 48.4 Å². The van der Waals surface area contributed by atoms with Gasteiger partial charge in [-0.25, -0.2) is 0 Å². The van der Waals surface area contributed by atoms with Crippen molar-refractivity contribution in [1.82, 2.24) is 5.32 Å². The highest BCUT2D eigenvalue weighted by atomic mass is 19.4. The molecule has 1 N–H and O–H groups in total. The van der Waals surface area contributed by atoms with Gasteiger partial charge in [-0.3, -0.25) is 0 Å². The second-order valence-corrected chi connectivity index (χ2v) is 6.36. The maximum absolute atomic E-state index is 12.1. The molecule has 0 heterocycles. The van der Waals surface area contributed by atoms with Crippen LogP contribution in [0, 0.1) is 11.3 Å². The molecule has 1 fully saturated rings. The van der Waals surface area contributed by atoms with Crippen molar-refractivity contribution in [1.29, 1.82) is 0 Å². The van der Waals surface area contributed by atoms with E-state index in [2.05, 4.69) is 30.8 Å². The summed E-state index contributed by atoms with van der Waals surface area (Å²) in [7, 11) is 0. The largest absolute Gasteiger partial charge is 0.573 e. The molecule has 2 nitrogen and oxygen atoms in total. The quantitative estimate of drug-likeness (QED) is 0.852. The lowest BCUT2D eigenvalue weighted by Gasteiger charge is -2.20. The molecule has 0 aliphatic heterocycles. The summed E-state index contributed by atoms with van der Waals surface area (Å²) in [6.45, 7) is 7.47. The van der Waals surface area contributed by atoms with E-state index >= 15 is 0 Å². The number of hydrogen-bond acceptors (Lipinski definition) is 2. The molecule has 0 saturated heterocycles. The van der Waals surface area contributed by atoms with Gasteiger partial charge in [0.1, 0.15) is 5.75 Å². The molecule has 0 radical (unpaired) electrons. The van der Waals surface area contributed by atoms with E-state index in [9.17, 15) is 13.2 Å². The summed E-state index contributed by atoms with van der Waals surface area (Å²) in [4.78, 5) is 0. The van der Waals surface area contributed by atoms with Crippen LogP contribution >= 0.6 is 0 Å². The number of ether oxygens (including phenoxy) is 1. The van der Waals surface area contributed by atoms with Crippen molar-refractivity contribution >= 4 is 0 Å². The van der Waals surface area contributed by atoms with Crippen molar-refractivity contribution in [2.75, 3.05) is 6.54 Å². The van der Waals surface area contributed by atoms with Gasteiger partial charge >= 0.3 is 6.36 Å². The standard InChI is InChI=1S/C16H22F3NO/c1-4-20-14(13-10-15(13,2)3)9-11-5-7-12(8-6-11)21-16(17,18)19/h5-8,13-14,20H,4,9-10H2,1-3H3. The fraction of sp³-hybridized carbons (Fsp3) is 0.625. The molecule has 118 valence electrons. The molecule has 2 atom stereocenters. The highest BCUT2D eigenvalue weighted by Gasteiger charge is 2.49. The summed E-state index contributed by atoms with van der Waals surface area (Å²) in [5.74, 6) is 0.460. The molecular weight excluding hydrogens is 279 g/mol. The smallest absolute Gasteiger partial charge is 0.406 e. The fourth-order valence-corrected chi connectivity index (χ4v) is 2.89. The van der Waals surface area contributed by atoms with Crippen LogP contribution in [-0.2, 0) is 6.42 Å². The summed E-state index contributed by atoms with van der Waals surface area (Å²) < 4.78 is 40.2. The number of likely N-dealkylation sites (N-methyl/N-ethyl adjacent to an activating group) is 1. The second kappa shape index (κ2) is 5.87. The van der Waals surface area contributed by atoms with Crippen LogP contribution in [0.4, 0.5) is 13.2 Å². The fourth-order valence-electron chi connectivity index (χ4n) is 2.89. The summed E-state index contributed by atoms with van der Waals surface area (Å²) in [6, 6.07) is 6.55. The van der Waals surface area contributed by atoms with Gasteiger partial charge in [-0.2, -0.15) is 0 Å². The molecule has 2 unspecified atom stereocenters. The van der Waals surface area contributed by atoms with Crippen molar-refractivity contribution in [3.8, 4) is 5.75 Å². The third-order valence-electron chi connectivity index (χ3n) is 4.15. The van der Waals surface area contributed by atoms with E-state index in [1.165, 1.54) is 18.6 Å². The van der Waals surface area contributed by atoms with Crippen molar-refractivity contribution in [3.05, 3.63) is 29.8 Å². The lowest BCUT2D eigenvalue weighted by atomic mass is 9.97. The lowest BCUT2D eigenvalue weighted by molar-refractivity contribution is -0.274. The van der Waals surface area contributed by atoms with Gasteiger partial charge in [0.25, 0.3) is 0 Å². The van der Waals surface area contributed by atoms with E-state index in [-0.39, 0.29) is 5.75 Å². The van der Waals surface area contributed by atoms with Gasteiger partial charge in [-0.1, -0.05) is 32.9 Å². The Bertz CT molecular complexity index is 467. The number of benzene rings is 1. The molecule has 0 amide bonds. The van der Waals surface area contributed by atoms with Crippen molar-refractivity contribution in [2.24, 2.45) is 11.3 Å². The van der Waals surface area contributed by atoms with Crippen LogP contribution in [0.5, 0.6) is 5.75 Å². The maximum atomic E-state index is 12.1. The summed E-state index contributed by atoms with van der Waals surface area (Å²) in [5.41, 5.74) is 1.39. The van der Waals surface area contributed by atoms with Gasteiger partial charge in [0.2, 0.25) is 0 Å². The maximum Gasteiger partial charge on any atom is 0.573 e. The van der Waals surface area contributed by atoms with Gasteiger partial charge in [-0.15, -0.1) is 13.2 Å². The molecule has 21 heavy (non-hydrogen) atoms. The van der Waals surface area contributed by atoms with Crippen LogP contribution < -0.4 is 10.1 Å². The van der Waals surface area contributed by atoms with E-state index in [1.807, 2.05) is 0 Å². The zero-order valence-corrected chi connectivity index (χ0v) is 12.6. The Morgan fingerprint density at radius 1 is 1.29 bits per heavy atom. The van der Waals surface area contributed by atoms with Crippen LogP contribution in [0.15, 0.2) is 24.3 Å². The van der Waals surface area contributed by atoms with Crippen molar-refractivity contribution < 1.29 is 17.9 Å². The number of halogens is 3. The predicted molar refractivity (Wildman–Crippen MR) is 76.2 cm³/mol. The highest BCUT2D eigenvalue weighted by Crippen LogP contribution is 2.54. The number of alkyl halides is 3. The summed E-state index contributed by atoms with van der Waals surface area (Å²) in [6.07, 6.45) is -2.61. The average Bonchev–Trinajstić information content (AvgIpc) is 2.98. The van der Waals surface area contributed by atoms with Crippen LogP contribution in [0.1, 0.15) is 32.8 Å². The Balaban J connectivity index is 1.98. The van der Waals surface area contributed by atoms with E-state index in [0.717, 1.165) is 18.5 Å². The Hall–Kier alpha value is -1.23. The van der Waals surface area contributed by atoms with E-state index < -0.39 is 6.36 Å². The van der Waals surface area contributed by atoms with E-state index in [4.69, 9.17) is 0 Å². The summed E-state index contributed by atoms with van der Waals surface area (Å²) in [5, 5.41) is 3.49. The van der Waals surface area contributed by atoms with Crippen molar-refractivity contribution in [3.63, 3.8) is 0 Å². The van der Waals surface area contributed by atoms with E-state index in [1.54, 1.807) is 12.1 Å². The monoisotopic (exact) mass is 301 g/mol. The molecule has 1 aliphatic rings. The first-order chi connectivity index (χ1) is 9.71. The zero-order chi connectivity index (χ0) is 15.7. The Labute approximate surface area is 123 Å². The molecule has 1 aromatic rings. The molecule has 0 aromatic heterocycles. The zero-order valence-electron chi connectivity index (χ0n) is 12.6. The Morgan fingerprint density at radius 2 is 1.86 bits per heavy atom. The first kappa shape index (κ1) is 16.1. The molecule has 0 spiro atoms. The first-order valence-electron chi connectivity index (χ1n) is 7.29. The SMILES string of the molecule is CCNC(Cc1ccc(OC(F)(F)F)cc1)C1CC1(C)C. The molecule has 0 bridgehead atoms. The molecule has 1 aromatic carbocycles. The molecule has 2 rings (SSSR count).